The maximum atomic E-state index is 12.1. The van der Waals surface area contributed by atoms with E-state index in [9.17, 15) is 13.6 Å². The quantitative estimate of drug-likeness (QED) is 0.689. The third-order valence-corrected chi connectivity index (χ3v) is 3.41. The lowest BCUT2D eigenvalue weighted by molar-refractivity contribution is -0.135. The molecule has 1 saturated carbocycles. The van der Waals surface area contributed by atoms with E-state index in [1.54, 1.807) is 0 Å². The maximum absolute atomic E-state index is 12.1. The minimum absolute atomic E-state index is 0.0355. The average molecular weight is 278 g/mol. The van der Waals surface area contributed by atoms with Crippen molar-refractivity contribution in [2.24, 2.45) is 5.73 Å². The van der Waals surface area contributed by atoms with E-state index in [1.807, 2.05) is 4.90 Å². The summed E-state index contributed by atoms with van der Waals surface area (Å²) in [5.41, 5.74) is 5.54. The van der Waals surface area contributed by atoms with E-state index >= 15 is 0 Å². The van der Waals surface area contributed by atoms with Crippen LogP contribution in [0.3, 0.4) is 0 Å². The first-order valence-electron chi connectivity index (χ1n) is 7.00. The Morgan fingerprint density at radius 1 is 1.32 bits per heavy atom. The predicted molar refractivity (Wildman–Crippen MR) is 69.1 cm³/mol. The molecule has 0 atom stereocenters. The fourth-order valence-corrected chi connectivity index (χ4v) is 2.52. The molecule has 0 saturated heterocycles. The number of alkyl halides is 2. The monoisotopic (exact) mass is 278 g/mol. The van der Waals surface area contributed by atoms with Crippen LogP contribution in [0.15, 0.2) is 0 Å². The molecular weight excluding hydrogens is 254 g/mol. The summed E-state index contributed by atoms with van der Waals surface area (Å²) >= 11 is 0. The van der Waals surface area contributed by atoms with Gasteiger partial charge in [-0.25, -0.2) is 8.78 Å². The van der Waals surface area contributed by atoms with Crippen LogP contribution in [0.2, 0.25) is 0 Å². The van der Waals surface area contributed by atoms with E-state index in [-0.39, 0.29) is 25.0 Å². The molecule has 0 spiro atoms. The molecule has 0 aromatic heterocycles. The lowest BCUT2D eigenvalue weighted by atomic mass is 9.94. The molecular formula is C13H24F2N2O2. The molecule has 19 heavy (non-hydrogen) atoms. The van der Waals surface area contributed by atoms with Gasteiger partial charge in [-0.15, -0.1) is 0 Å². The molecule has 2 N–H and O–H groups in total. The second kappa shape index (κ2) is 9.20. The van der Waals surface area contributed by atoms with Crippen molar-refractivity contribution in [2.45, 2.75) is 51.0 Å². The van der Waals surface area contributed by atoms with Crippen LogP contribution in [-0.2, 0) is 9.53 Å². The van der Waals surface area contributed by atoms with Gasteiger partial charge in [-0.05, 0) is 12.8 Å². The van der Waals surface area contributed by atoms with E-state index in [2.05, 4.69) is 0 Å². The van der Waals surface area contributed by atoms with Crippen molar-refractivity contribution in [3.8, 4) is 0 Å². The highest BCUT2D eigenvalue weighted by molar-refractivity contribution is 5.76. The van der Waals surface area contributed by atoms with Gasteiger partial charge in [-0.1, -0.05) is 19.3 Å². The number of carbonyl (C=O) groups excluding carboxylic acids is 1. The van der Waals surface area contributed by atoms with E-state index in [4.69, 9.17) is 10.5 Å². The molecule has 0 radical (unpaired) electrons. The van der Waals surface area contributed by atoms with Crippen LogP contribution in [0, 0.1) is 0 Å². The molecule has 0 aromatic rings. The van der Waals surface area contributed by atoms with Crippen molar-refractivity contribution in [1.29, 1.82) is 0 Å². The molecule has 0 bridgehead atoms. The molecule has 1 aliphatic rings. The summed E-state index contributed by atoms with van der Waals surface area (Å²) in [6, 6.07) is 0.264. The summed E-state index contributed by atoms with van der Waals surface area (Å²) in [4.78, 5) is 13.9. The van der Waals surface area contributed by atoms with E-state index < -0.39 is 13.0 Å². The van der Waals surface area contributed by atoms with E-state index in [0.29, 0.717) is 13.1 Å². The van der Waals surface area contributed by atoms with Crippen LogP contribution in [-0.4, -0.2) is 49.6 Å². The summed E-state index contributed by atoms with van der Waals surface area (Å²) in [6.45, 7) is 0.420. The Hall–Kier alpha value is -0.750. The van der Waals surface area contributed by atoms with Gasteiger partial charge in [-0.2, -0.15) is 0 Å². The van der Waals surface area contributed by atoms with Crippen molar-refractivity contribution in [1.82, 2.24) is 4.90 Å². The first-order chi connectivity index (χ1) is 9.15. The standard InChI is InChI=1S/C13H24F2N2O2/c14-12(15)10-19-9-6-13(18)17(8-7-16)11-4-2-1-3-5-11/h11-12H,1-10,16H2. The summed E-state index contributed by atoms with van der Waals surface area (Å²) in [5, 5.41) is 0. The third-order valence-electron chi connectivity index (χ3n) is 3.41. The molecule has 1 rings (SSSR count). The van der Waals surface area contributed by atoms with Crippen LogP contribution in [0.25, 0.3) is 0 Å². The van der Waals surface area contributed by atoms with Gasteiger partial charge in [0.2, 0.25) is 5.91 Å². The summed E-state index contributed by atoms with van der Waals surface area (Å²) in [5.74, 6) is -0.0355. The third kappa shape index (κ3) is 6.29. The second-order valence-corrected chi connectivity index (χ2v) is 4.88. The second-order valence-electron chi connectivity index (χ2n) is 4.88. The van der Waals surface area contributed by atoms with Gasteiger partial charge in [-0.3, -0.25) is 4.79 Å². The fourth-order valence-electron chi connectivity index (χ4n) is 2.52. The molecule has 4 nitrogen and oxygen atoms in total. The smallest absolute Gasteiger partial charge is 0.261 e. The largest absolute Gasteiger partial charge is 0.375 e. The molecule has 0 aliphatic heterocycles. The predicted octanol–water partition coefficient (Wildman–Crippen LogP) is 1.78. The zero-order valence-corrected chi connectivity index (χ0v) is 11.3. The van der Waals surface area contributed by atoms with Gasteiger partial charge < -0.3 is 15.4 Å². The Bertz CT molecular complexity index is 259. The Labute approximate surface area is 113 Å². The summed E-state index contributed by atoms with van der Waals surface area (Å²) < 4.78 is 28.5. The minimum Gasteiger partial charge on any atom is -0.375 e. The molecule has 0 unspecified atom stereocenters. The number of nitrogens with zero attached hydrogens (tertiary/aromatic N) is 1. The molecule has 112 valence electrons. The Kier molecular flexibility index (Phi) is 7.90. The van der Waals surface area contributed by atoms with Crippen molar-refractivity contribution in [3.63, 3.8) is 0 Å². The van der Waals surface area contributed by atoms with Crippen molar-refractivity contribution < 1.29 is 18.3 Å². The van der Waals surface area contributed by atoms with Gasteiger partial charge in [0, 0.05) is 19.1 Å². The Morgan fingerprint density at radius 3 is 2.58 bits per heavy atom. The normalized spacial score (nSPS) is 16.8. The lowest BCUT2D eigenvalue weighted by Gasteiger charge is -2.34. The zero-order chi connectivity index (χ0) is 14.1. The topological polar surface area (TPSA) is 55.6 Å². The molecule has 1 amide bonds. The van der Waals surface area contributed by atoms with Crippen LogP contribution in [0.1, 0.15) is 38.5 Å². The number of halogens is 2. The average Bonchev–Trinajstić information content (AvgIpc) is 2.41. The SMILES string of the molecule is NCCN(C(=O)CCOCC(F)F)C1CCCCC1. The lowest BCUT2D eigenvalue weighted by Crippen LogP contribution is -2.44. The van der Waals surface area contributed by atoms with Crippen LogP contribution in [0.5, 0.6) is 0 Å². The number of hydrogen-bond acceptors (Lipinski definition) is 3. The number of rotatable bonds is 8. The fraction of sp³-hybridized carbons (Fsp3) is 0.923. The summed E-state index contributed by atoms with van der Waals surface area (Å²) in [6.07, 6.45) is 3.21. The summed E-state index contributed by atoms with van der Waals surface area (Å²) in [7, 11) is 0. The number of ether oxygens (including phenoxy) is 1. The van der Waals surface area contributed by atoms with Crippen LogP contribution < -0.4 is 5.73 Å². The Morgan fingerprint density at radius 2 is 2.00 bits per heavy atom. The van der Waals surface area contributed by atoms with Crippen molar-refractivity contribution in [2.75, 3.05) is 26.3 Å². The van der Waals surface area contributed by atoms with E-state index in [1.165, 1.54) is 6.42 Å². The highest BCUT2D eigenvalue weighted by Gasteiger charge is 2.24. The first-order valence-corrected chi connectivity index (χ1v) is 7.00. The molecule has 0 heterocycles. The Balaban J connectivity index is 2.34. The van der Waals surface area contributed by atoms with Crippen molar-refractivity contribution >= 4 is 5.91 Å². The zero-order valence-electron chi connectivity index (χ0n) is 11.3. The van der Waals surface area contributed by atoms with Gasteiger partial charge >= 0.3 is 0 Å². The van der Waals surface area contributed by atoms with Crippen LogP contribution >= 0.6 is 0 Å². The van der Waals surface area contributed by atoms with Crippen LogP contribution in [0.4, 0.5) is 8.78 Å². The van der Waals surface area contributed by atoms with Gasteiger partial charge in [0.1, 0.15) is 6.61 Å². The molecule has 6 heteroatoms. The molecule has 0 aromatic carbocycles. The number of carbonyl (C=O) groups is 1. The first kappa shape index (κ1) is 16.3. The molecule has 1 aliphatic carbocycles. The maximum Gasteiger partial charge on any atom is 0.261 e. The molecule has 1 fully saturated rings. The highest BCUT2D eigenvalue weighted by Crippen LogP contribution is 2.22. The number of nitrogens with two attached hydrogens (primary N) is 1. The number of amides is 1. The van der Waals surface area contributed by atoms with E-state index in [0.717, 1.165) is 25.7 Å². The highest BCUT2D eigenvalue weighted by atomic mass is 19.3. The van der Waals surface area contributed by atoms with Gasteiger partial charge in [0.05, 0.1) is 13.0 Å². The number of hydrogen-bond donors (Lipinski definition) is 1. The minimum atomic E-state index is -2.48. The van der Waals surface area contributed by atoms with Crippen molar-refractivity contribution in [3.05, 3.63) is 0 Å². The van der Waals surface area contributed by atoms with Gasteiger partial charge in [0.25, 0.3) is 6.43 Å². The van der Waals surface area contributed by atoms with Gasteiger partial charge in [0.15, 0.2) is 0 Å².